The van der Waals surface area contributed by atoms with E-state index >= 15 is 0 Å². The van der Waals surface area contributed by atoms with Gasteiger partial charge in [0, 0.05) is 12.8 Å². The van der Waals surface area contributed by atoms with Crippen molar-refractivity contribution in [1.29, 1.82) is 0 Å². The Labute approximate surface area is 88.7 Å². The highest BCUT2D eigenvalue weighted by atomic mass is 16.5. The van der Waals surface area contributed by atoms with E-state index in [9.17, 15) is 4.79 Å². The van der Waals surface area contributed by atoms with Crippen molar-refractivity contribution >= 4 is 5.78 Å². The number of nitrogens with zero attached hydrogens (tertiary/aromatic N) is 2. The first-order valence-electron chi connectivity index (χ1n) is 5.14. The van der Waals surface area contributed by atoms with Crippen molar-refractivity contribution in [3.63, 3.8) is 0 Å². The molecular weight excluding hydrogens is 192 g/mol. The minimum atomic E-state index is 0.00592. The van der Waals surface area contributed by atoms with Gasteiger partial charge in [0.1, 0.15) is 6.10 Å². The molecule has 0 bridgehead atoms. The third-order valence-electron chi connectivity index (χ3n) is 2.59. The Morgan fingerprint density at radius 1 is 1.60 bits per heavy atom. The summed E-state index contributed by atoms with van der Waals surface area (Å²) in [5.41, 5.74) is 1.33. The molecule has 0 radical (unpaired) electrons. The minimum absolute atomic E-state index is 0.00592. The number of ketones is 1. The van der Waals surface area contributed by atoms with Crippen LogP contribution in [0, 0.1) is 6.92 Å². The Bertz CT molecular complexity index is 384. The monoisotopic (exact) mass is 206 g/mol. The van der Waals surface area contributed by atoms with Crippen LogP contribution in [0.3, 0.4) is 0 Å². The fraction of sp³-hybridized carbons (Fsp3) is 0.545. The first kappa shape index (κ1) is 10.2. The second-order valence-electron chi connectivity index (χ2n) is 3.79. The van der Waals surface area contributed by atoms with Crippen molar-refractivity contribution in [1.82, 2.24) is 9.97 Å². The smallest absolute Gasteiger partial charge is 0.163 e. The third kappa shape index (κ3) is 2.04. The van der Waals surface area contributed by atoms with Crippen molar-refractivity contribution < 1.29 is 9.53 Å². The highest BCUT2D eigenvalue weighted by Gasteiger charge is 2.21. The maximum absolute atomic E-state index is 11.2. The molecule has 4 nitrogen and oxygen atoms in total. The molecule has 15 heavy (non-hydrogen) atoms. The molecule has 0 aliphatic carbocycles. The van der Waals surface area contributed by atoms with Gasteiger partial charge >= 0.3 is 0 Å². The van der Waals surface area contributed by atoms with Crippen LogP contribution in [-0.2, 0) is 4.74 Å². The van der Waals surface area contributed by atoms with E-state index in [-0.39, 0.29) is 11.9 Å². The van der Waals surface area contributed by atoms with E-state index in [1.165, 1.54) is 6.92 Å². The van der Waals surface area contributed by atoms with E-state index in [1.54, 1.807) is 6.20 Å². The molecule has 2 heterocycles. The van der Waals surface area contributed by atoms with Gasteiger partial charge in [-0.25, -0.2) is 9.97 Å². The zero-order valence-corrected chi connectivity index (χ0v) is 8.99. The van der Waals surface area contributed by atoms with Gasteiger partial charge in [-0.05, 0) is 26.7 Å². The molecule has 1 aromatic rings. The van der Waals surface area contributed by atoms with Crippen molar-refractivity contribution in [2.45, 2.75) is 32.8 Å². The molecule has 1 saturated heterocycles. The lowest BCUT2D eigenvalue weighted by molar-refractivity contribution is 0.100. The molecule has 4 heteroatoms. The lowest BCUT2D eigenvalue weighted by atomic mass is 10.1. The van der Waals surface area contributed by atoms with Gasteiger partial charge in [-0.2, -0.15) is 0 Å². The van der Waals surface area contributed by atoms with Crippen molar-refractivity contribution in [3.05, 3.63) is 23.3 Å². The van der Waals surface area contributed by atoms with Crippen molar-refractivity contribution in [2.24, 2.45) is 0 Å². The molecule has 0 amide bonds. The van der Waals surface area contributed by atoms with Crippen molar-refractivity contribution in [2.75, 3.05) is 6.61 Å². The number of carbonyl (C=O) groups is 1. The van der Waals surface area contributed by atoms with Gasteiger partial charge in [0.2, 0.25) is 0 Å². The first-order valence-corrected chi connectivity index (χ1v) is 5.14. The van der Waals surface area contributed by atoms with E-state index < -0.39 is 0 Å². The fourth-order valence-electron chi connectivity index (χ4n) is 1.77. The second-order valence-corrected chi connectivity index (χ2v) is 3.79. The van der Waals surface area contributed by atoms with Gasteiger partial charge < -0.3 is 4.74 Å². The highest BCUT2D eigenvalue weighted by molar-refractivity contribution is 5.94. The lowest BCUT2D eigenvalue weighted by Gasteiger charge is -2.09. The molecular formula is C11H14N2O2. The second kappa shape index (κ2) is 4.06. The van der Waals surface area contributed by atoms with Crippen LogP contribution in [0.15, 0.2) is 6.20 Å². The predicted molar refractivity (Wildman–Crippen MR) is 54.7 cm³/mol. The molecule has 1 aromatic heterocycles. The summed E-state index contributed by atoms with van der Waals surface area (Å²) in [6, 6.07) is 0. The van der Waals surface area contributed by atoms with Gasteiger partial charge in [0.15, 0.2) is 11.6 Å². The van der Waals surface area contributed by atoms with Crippen LogP contribution in [0.2, 0.25) is 0 Å². The normalized spacial score (nSPS) is 20.5. The summed E-state index contributed by atoms with van der Waals surface area (Å²) in [5, 5.41) is 0. The van der Waals surface area contributed by atoms with E-state index in [0.717, 1.165) is 25.1 Å². The first-order chi connectivity index (χ1) is 7.18. The standard InChI is InChI=1S/C11H14N2O2/c1-7-9(8(2)14)6-12-11(13-7)10-4-3-5-15-10/h6,10H,3-5H2,1-2H3. The van der Waals surface area contributed by atoms with Gasteiger partial charge in [-0.3, -0.25) is 4.79 Å². The molecule has 1 fully saturated rings. The maximum Gasteiger partial charge on any atom is 0.163 e. The molecule has 2 rings (SSSR count). The number of rotatable bonds is 2. The molecule has 0 spiro atoms. The van der Waals surface area contributed by atoms with E-state index in [0.29, 0.717) is 11.4 Å². The number of carbonyl (C=O) groups excluding carboxylic acids is 1. The Morgan fingerprint density at radius 2 is 2.40 bits per heavy atom. The van der Waals surface area contributed by atoms with E-state index in [2.05, 4.69) is 9.97 Å². The molecule has 1 aliphatic rings. The summed E-state index contributed by atoms with van der Waals surface area (Å²) < 4.78 is 5.48. The van der Waals surface area contributed by atoms with Crippen LogP contribution < -0.4 is 0 Å². The Hall–Kier alpha value is -1.29. The quantitative estimate of drug-likeness (QED) is 0.693. The molecule has 1 unspecified atom stereocenters. The predicted octanol–water partition coefficient (Wildman–Crippen LogP) is 1.84. The largest absolute Gasteiger partial charge is 0.370 e. The molecule has 1 atom stereocenters. The summed E-state index contributed by atoms with van der Waals surface area (Å²) in [5.74, 6) is 0.710. The molecule has 80 valence electrons. The van der Waals surface area contributed by atoms with Crippen LogP contribution in [-0.4, -0.2) is 22.4 Å². The number of hydrogen-bond donors (Lipinski definition) is 0. The highest BCUT2D eigenvalue weighted by Crippen LogP contribution is 2.25. The minimum Gasteiger partial charge on any atom is -0.370 e. The number of aryl methyl sites for hydroxylation is 1. The molecule has 1 aliphatic heterocycles. The summed E-state index contributed by atoms with van der Waals surface area (Å²) in [6.07, 6.45) is 3.65. The average molecular weight is 206 g/mol. The zero-order valence-electron chi connectivity index (χ0n) is 8.99. The van der Waals surface area contributed by atoms with Gasteiger partial charge in [-0.1, -0.05) is 0 Å². The Kier molecular flexibility index (Phi) is 2.77. The number of ether oxygens (including phenoxy) is 1. The topological polar surface area (TPSA) is 52.1 Å². The van der Waals surface area contributed by atoms with Crippen LogP contribution in [0.1, 0.15) is 47.7 Å². The fourth-order valence-corrected chi connectivity index (χ4v) is 1.77. The zero-order chi connectivity index (χ0) is 10.8. The number of Topliss-reactive ketones (excluding diaryl/α,β-unsaturated/α-hetero) is 1. The van der Waals surface area contributed by atoms with E-state index in [4.69, 9.17) is 4.74 Å². The number of hydrogen-bond acceptors (Lipinski definition) is 4. The third-order valence-corrected chi connectivity index (χ3v) is 2.59. The van der Waals surface area contributed by atoms with Crippen molar-refractivity contribution in [3.8, 4) is 0 Å². The van der Waals surface area contributed by atoms with Crippen LogP contribution in [0.25, 0.3) is 0 Å². The van der Waals surface area contributed by atoms with Gasteiger partial charge in [0.05, 0.1) is 11.3 Å². The summed E-state index contributed by atoms with van der Waals surface area (Å²) in [6.45, 7) is 4.13. The molecule has 0 N–H and O–H groups in total. The number of aromatic nitrogens is 2. The van der Waals surface area contributed by atoms with Crippen LogP contribution in [0.4, 0.5) is 0 Å². The average Bonchev–Trinajstić information content (AvgIpc) is 2.69. The maximum atomic E-state index is 11.2. The van der Waals surface area contributed by atoms with E-state index in [1.807, 2.05) is 6.92 Å². The lowest BCUT2D eigenvalue weighted by Crippen LogP contribution is -2.08. The van der Waals surface area contributed by atoms with Gasteiger partial charge in [-0.15, -0.1) is 0 Å². The molecule has 0 saturated carbocycles. The van der Waals surface area contributed by atoms with Crippen LogP contribution >= 0.6 is 0 Å². The van der Waals surface area contributed by atoms with Crippen LogP contribution in [0.5, 0.6) is 0 Å². The summed E-state index contributed by atoms with van der Waals surface area (Å²) in [7, 11) is 0. The Morgan fingerprint density at radius 3 is 2.93 bits per heavy atom. The summed E-state index contributed by atoms with van der Waals surface area (Å²) in [4.78, 5) is 19.7. The molecule has 0 aromatic carbocycles. The summed E-state index contributed by atoms with van der Waals surface area (Å²) >= 11 is 0. The SMILES string of the molecule is CC(=O)c1cnc(C2CCCO2)nc1C. The Balaban J connectivity index is 2.28. The van der Waals surface area contributed by atoms with Gasteiger partial charge in [0.25, 0.3) is 0 Å².